The Labute approximate surface area is 174 Å². The minimum atomic E-state index is -3.62. The number of sulfonamides is 1. The molecule has 1 aromatic heterocycles. The van der Waals surface area contributed by atoms with E-state index in [4.69, 9.17) is 0 Å². The second-order valence-electron chi connectivity index (χ2n) is 7.28. The van der Waals surface area contributed by atoms with Crippen LogP contribution in [0.1, 0.15) is 38.2 Å². The van der Waals surface area contributed by atoms with Gasteiger partial charge in [0.2, 0.25) is 15.9 Å². The van der Waals surface area contributed by atoms with Gasteiger partial charge in [-0.1, -0.05) is 26.0 Å². The van der Waals surface area contributed by atoms with Gasteiger partial charge in [0.1, 0.15) is 5.82 Å². The molecule has 0 radical (unpaired) electrons. The van der Waals surface area contributed by atoms with Gasteiger partial charge in [-0.25, -0.2) is 13.4 Å². The number of carbonyl (C=O) groups excluding carboxylic acids is 1. The van der Waals surface area contributed by atoms with Crippen molar-refractivity contribution in [3.63, 3.8) is 0 Å². The number of nitrogens with one attached hydrogen (secondary N) is 1. The van der Waals surface area contributed by atoms with Crippen LogP contribution in [0.3, 0.4) is 0 Å². The van der Waals surface area contributed by atoms with E-state index in [9.17, 15) is 13.2 Å². The first-order valence-corrected chi connectivity index (χ1v) is 11.5. The first-order chi connectivity index (χ1) is 13.3. The molecule has 2 aromatic rings. The van der Waals surface area contributed by atoms with E-state index in [1.165, 1.54) is 4.31 Å². The molecular weight excluding hydrogens is 442 g/mol. The Morgan fingerprint density at radius 2 is 1.93 bits per heavy atom. The summed E-state index contributed by atoms with van der Waals surface area (Å²) in [4.78, 5) is 17.0. The van der Waals surface area contributed by atoms with Crippen molar-refractivity contribution >= 4 is 37.7 Å². The molecular formula is C20H24BrN3O3S. The number of hydrogen-bond donors (Lipinski definition) is 1. The van der Waals surface area contributed by atoms with Crippen LogP contribution in [0.25, 0.3) is 0 Å². The van der Waals surface area contributed by atoms with Gasteiger partial charge in [-0.2, -0.15) is 4.31 Å². The lowest BCUT2D eigenvalue weighted by molar-refractivity contribution is -0.120. The standard InChI is InChI=1S/C20H24BrN3O3S/c1-14(2)15-5-8-18(9-6-15)28(26,27)24-11-3-4-16(13-24)20(25)23-19-10-7-17(21)12-22-19/h5-10,12,14,16H,3-4,11,13H2,1-2H3,(H,22,23,25)/t16-/m1/s1. The van der Waals surface area contributed by atoms with Crippen LogP contribution in [-0.2, 0) is 14.8 Å². The Morgan fingerprint density at radius 3 is 2.54 bits per heavy atom. The molecule has 1 fully saturated rings. The second kappa shape index (κ2) is 8.71. The third-order valence-corrected chi connectivity index (χ3v) is 7.27. The van der Waals surface area contributed by atoms with Crippen LogP contribution in [-0.4, -0.2) is 36.7 Å². The molecule has 0 saturated carbocycles. The molecule has 1 amide bonds. The lowest BCUT2D eigenvalue weighted by Crippen LogP contribution is -2.43. The van der Waals surface area contributed by atoms with E-state index < -0.39 is 15.9 Å². The van der Waals surface area contributed by atoms with Crippen molar-refractivity contribution < 1.29 is 13.2 Å². The van der Waals surface area contributed by atoms with Crippen molar-refractivity contribution in [1.29, 1.82) is 0 Å². The van der Waals surface area contributed by atoms with Crippen molar-refractivity contribution in [2.75, 3.05) is 18.4 Å². The smallest absolute Gasteiger partial charge is 0.243 e. The summed E-state index contributed by atoms with van der Waals surface area (Å²) < 4.78 is 28.3. The van der Waals surface area contributed by atoms with Gasteiger partial charge in [0, 0.05) is 23.8 Å². The summed E-state index contributed by atoms with van der Waals surface area (Å²) in [7, 11) is -3.62. The summed E-state index contributed by atoms with van der Waals surface area (Å²) in [5, 5.41) is 2.78. The van der Waals surface area contributed by atoms with E-state index in [-0.39, 0.29) is 17.3 Å². The zero-order valence-corrected chi connectivity index (χ0v) is 18.3. The number of pyridine rings is 1. The van der Waals surface area contributed by atoms with E-state index in [0.29, 0.717) is 31.1 Å². The molecule has 0 spiro atoms. The fourth-order valence-corrected chi connectivity index (χ4v) is 4.98. The largest absolute Gasteiger partial charge is 0.310 e. The Bertz CT molecular complexity index is 928. The quantitative estimate of drug-likeness (QED) is 0.723. The van der Waals surface area contributed by atoms with Gasteiger partial charge in [0.05, 0.1) is 10.8 Å². The fraction of sp³-hybridized carbons (Fsp3) is 0.400. The number of rotatable bonds is 5. The minimum absolute atomic E-state index is 0.177. The van der Waals surface area contributed by atoms with Gasteiger partial charge in [0.25, 0.3) is 0 Å². The number of piperidine rings is 1. The predicted octanol–water partition coefficient (Wildman–Crippen LogP) is 4.01. The highest BCUT2D eigenvalue weighted by Gasteiger charge is 2.33. The van der Waals surface area contributed by atoms with Crippen molar-refractivity contribution in [2.45, 2.75) is 37.5 Å². The SMILES string of the molecule is CC(C)c1ccc(S(=O)(=O)N2CCC[C@@H](C(=O)Nc3ccc(Br)cn3)C2)cc1. The monoisotopic (exact) mass is 465 g/mol. The third-order valence-electron chi connectivity index (χ3n) is 4.92. The number of amides is 1. The van der Waals surface area contributed by atoms with Gasteiger partial charge in [-0.15, -0.1) is 0 Å². The molecule has 0 bridgehead atoms. The van der Waals surface area contributed by atoms with Gasteiger partial charge < -0.3 is 5.32 Å². The van der Waals surface area contributed by atoms with Gasteiger partial charge in [-0.05, 0) is 64.5 Å². The van der Waals surface area contributed by atoms with Crippen LogP contribution in [0.5, 0.6) is 0 Å². The van der Waals surface area contributed by atoms with Crippen molar-refractivity contribution in [3.05, 3.63) is 52.6 Å². The first kappa shape index (κ1) is 21.0. The molecule has 1 aromatic carbocycles. The van der Waals surface area contributed by atoms with Crippen LogP contribution >= 0.6 is 15.9 Å². The maximum absolute atomic E-state index is 13.0. The van der Waals surface area contributed by atoms with E-state index in [0.717, 1.165) is 10.0 Å². The van der Waals surface area contributed by atoms with Crippen LogP contribution in [0, 0.1) is 5.92 Å². The summed E-state index contributed by atoms with van der Waals surface area (Å²) >= 11 is 3.30. The zero-order valence-electron chi connectivity index (χ0n) is 15.9. The van der Waals surface area contributed by atoms with Crippen molar-refractivity contribution in [2.24, 2.45) is 5.92 Å². The molecule has 1 aliphatic rings. The molecule has 1 N–H and O–H groups in total. The molecule has 6 nitrogen and oxygen atoms in total. The first-order valence-electron chi connectivity index (χ1n) is 9.30. The van der Waals surface area contributed by atoms with E-state index in [1.807, 2.05) is 12.1 Å². The van der Waals surface area contributed by atoms with Gasteiger partial charge >= 0.3 is 0 Å². The van der Waals surface area contributed by atoms with Crippen LogP contribution in [0.2, 0.25) is 0 Å². The lowest BCUT2D eigenvalue weighted by Gasteiger charge is -2.31. The number of carbonyl (C=O) groups is 1. The third kappa shape index (κ3) is 4.79. The molecule has 28 heavy (non-hydrogen) atoms. The van der Waals surface area contributed by atoms with Crippen LogP contribution < -0.4 is 5.32 Å². The lowest BCUT2D eigenvalue weighted by atomic mass is 9.99. The highest BCUT2D eigenvalue weighted by molar-refractivity contribution is 9.10. The summed E-state index contributed by atoms with van der Waals surface area (Å²) in [6.45, 7) is 4.74. The highest BCUT2D eigenvalue weighted by atomic mass is 79.9. The minimum Gasteiger partial charge on any atom is -0.310 e. The molecule has 150 valence electrons. The Balaban J connectivity index is 1.70. The number of benzene rings is 1. The Kier molecular flexibility index (Phi) is 6.52. The number of halogens is 1. The summed E-state index contributed by atoms with van der Waals surface area (Å²) in [5.41, 5.74) is 1.09. The highest BCUT2D eigenvalue weighted by Crippen LogP contribution is 2.26. The molecule has 8 heteroatoms. The van der Waals surface area contributed by atoms with Crippen molar-refractivity contribution in [3.8, 4) is 0 Å². The average Bonchev–Trinajstić information content (AvgIpc) is 2.70. The van der Waals surface area contributed by atoms with Crippen molar-refractivity contribution in [1.82, 2.24) is 9.29 Å². The van der Waals surface area contributed by atoms with E-state index in [1.54, 1.807) is 30.5 Å². The van der Waals surface area contributed by atoms with E-state index in [2.05, 4.69) is 40.1 Å². The number of aromatic nitrogens is 1. The Morgan fingerprint density at radius 1 is 1.21 bits per heavy atom. The summed E-state index contributed by atoms with van der Waals surface area (Å²) in [5.74, 6) is 0.193. The normalized spacial score (nSPS) is 18.2. The second-order valence-corrected chi connectivity index (χ2v) is 10.1. The molecule has 1 atom stereocenters. The predicted molar refractivity (Wildman–Crippen MR) is 113 cm³/mol. The van der Waals surface area contributed by atoms with Crippen LogP contribution in [0.4, 0.5) is 5.82 Å². The summed E-state index contributed by atoms with van der Waals surface area (Å²) in [6, 6.07) is 10.5. The van der Waals surface area contributed by atoms with Gasteiger partial charge in [0.15, 0.2) is 0 Å². The molecule has 0 aliphatic carbocycles. The van der Waals surface area contributed by atoms with Gasteiger partial charge in [-0.3, -0.25) is 4.79 Å². The number of nitrogens with zero attached hydrogens (tertiary/aromatic N) is 2. The maximum Gasteiger partial charge on any atom is 0.243 e. The molecule has 1 aliphatic heterocycles. The number of hydrogen-bond acceptors (Lipinski definition) is 4. The fourth-order valence-electron chi connectivity index (χ4n) is 3.23. The Hall–Kier alpha value is -1.77. The molecule has 0 unspecified atom stereocenters. The topological polar surface area (TPSA) is 79.4 Å². The van der Waals surface area contributed by atoms with Crippen LogP contribution in [0.15, 0.2) is 52.0 Å². The van der Waals surface area contributed by atoms with E-state index >= 15 is 0 Å². The number of anilines is 1. The molecule has 3 rings (SSSR count). The average molecular weight is 466 g/mol. The zero-order chi connectivity index (χ0) is 20.3. The summed E-state index contributed by atoms with van der Waals surface area (Å²) in [6.07, 6.45) is 2.91. The molecule has 1 saturated heterocycles. The molecule has 2 heterocycles. The maximum atomic E-state index is 13.0.